The number of rotatable bonds is 27. The number of primary amides is 1. The molecule has 1 aromatic carbocycles. The first-order valence-electron chi connectivity index (χ1n) is 17.3. The van der Waals surface area contributed by atoms with Gasteiger partial charge in [0.15, 0.2) is 0 Å². The van der Waals surface area contributed by atoms with Gasteiger partial charge in [0.1, 0.15) is 30.2 Å². The van der Waals surface area contributed by atoms with Crippen LogP contribution in [0, 0.1) is 0 Å². The van der Waals surface area contributed by atoms with Crippen molar-refractivity contribution in [3.8, 4) is 0 Å². The molecule has 0 saturated heterocycles. The first kappa shape index (κ1) is 47.3. The summed E-state index contributed by atoms with van der Waals surface area (Å²) < 4.78 is 0. The molecule has 0 heterocycles. The van der Waals surface area contributed by atoms with Crippen molar-refractivity contribution >= 4 is 41.4 Å². The summed E-state index contributed by atoms with van der Waals surface area (Å²) in [6, 6.07) is -0.685. The average molecular weight is 770 g/mol. The molecule has 0 spiro atoms. The maximum Gasteiger partial charge on any atom is 0.303 e. The Bertz CT molecular complexity index is 1370. The van der Waals surface area contributed by atoms with Crippen LogP contribution >= 0.6 is 0 Å². The van der Waals surface area contributed by atoms with E-state index in [1.54, 1.807) is 30.3 Å². The van der Waals surface area contributed by atoms with Crippen LogP contribution in [-0.2, 0) is 40.0 Å². The fourth-order valence-corrected chi connectivity index (χ4v) is 4.92. The van der Waals surface area contributed by atoms with Crippen LogP contribution in [0.15, 0.2) is 30.3 Å². The van der Waals surface area contributed by atoms with Crippen LogP contribution in [0.1, 0.15) is 44.6 Å². The second-order valence-electron chi connectivity index (χ2n) is 12.5. The van der Waals surface area contributed by atoms with Crippen molar-refractivity contribution in [1.29, 1.82) is 0 Å². The number of unbranched alkanes of at least 4 members (excludes halogenated alkanes) is 1. The largest absolute Gasteiger partial charge is 0.481 e. The normalized spacial score (nSPS) is 15.5. The molecule has 304 valence electrons. The topological polar surface area (TPSA) is 371 Å². The second kappa shape index (κ2) is 25.3. The third-order valence-corrected chi connectivity index (χ3v) is 8.07. The third-order valence-electron chi connectivity index (χ3n) is 8.07. The van der Waals surface area contributed by atoms with Crippen LogP contribution < -0.4 is 49.1 Å². The van der Waals surface area contributed by atoms with Crippen molar-refractivity contribution < 1.29 is 59.1 Å². The summed E-state index contributed by atoms with van der Waals surface area (Å²) in [5.41, 5.74) is 17.2. The Labute approximate surface area is 312 Å². The highest BCUT2D eigenvalue weighted by molar-refractivity contribution is 5.94. The van der Waals surface area contributed by atoms with Gasteiger partial charge in [0, 0.05) is 19.4 Å². The highest BCUT2D eigenvalue weighted by Crippen LogP contribution is 2.06. The first-order valence-corrected chi connectivity index (χ1v) is 17.3. The van der Waals surface area contributed by atoms with Crippen molar-refractivity contribution in [2.24, 2.45) is 17.2 Å². The molecule has 8 unspecified atom stereocenters. The van der Waals surface area contributed by atoms with Crippen LogP contribution in [0.3, 0.4) is 0 Å². The summed E-state index contributed by atoms with van der Waals surface area (Å²) in [5.74, 6) is -6.75. The highest BCUT2D eigenvalue weighted by atomic mass is 16.4. The summed E-state index contributed by atoms with van der Waals surface area (Å²) >= 11 is 0. The lowest BCUT2D eigenvalue weighted by Crippen LogP contribution is -2.61. The zero-order valence-electron chi connectivity index (χ0n) is 30.1. The van der Waals surface area contributed by atoms with Gasteiger partial charge in [-0.25, -0.2) is 0 Å². The quantitative estimate of drug-likeness (QED) is 0.0370. The van der Waals surface area contributed by atoms with Gasteiger partial charge in [-0.3, -0.25) is 33.6 Å². The van der Waals surface area contributed by atoms with Crippen LogP contribution in [0.5, 0.6) is 0 Å². The van der Waals surface area contributed by atoms with Crippen LogP contribution in [0.2, 0.25) is 0 Å². The molecule has 0 fully saturated rings. The van der Waals surface area contributed by atoms with Crippen molar-refractivity contribution in [2.75, 3.05) is 32.9 Å². The lowest BCUT2D eigenvalue weighted by molar-refractivity contribution is -0.139. The number of hydrogen-bond donors (Lipinski definition) is 14. The number of benzene rings is 1. The monoisotopic (exact) mass is 769 g/mol. The van der Waals surface area contributed by atoms with Gasteiger partial charge in [0.2, 0.25) is 35.4 Å². The Morgan fingerprint density at radius 3 is 1.83 bits per heavy atom. The van der Waals surface area contributed by atoms with Crippen LogP contribution in [0.25, 0.3) is 0 Å². The van der Waals surface area contributed by atoms with Gasteiger partial charge in [-0.15, -0.1) is 0 Å². The van der Waals surface area contributed by atoms with Crippen LogP contribution in [0.4, 0.5) is 0 Å². The Hall–Kier alpha value is -4.77. The minimum Gasteiger partial charge on any atom is -0.481 e. The van der Waals surface area contributed by atoms with E-state index in [1.807, 2.05) is 0 Å². The number of aliphatic carboxylic acids is 1. The fourth-order valence-electron chi connectivity index (χ4n) is 4.92. The summed E-state index contributed by atoms with van der Waals surface area (Å²) in [4.78, 5) is 88.0. The van der Waals surface area contributed by atoms with Gasteiger partial charge in [0.25, 0.3) is 0 Å². The van der Waals surface area contributed by atoms with Crippen molar-refractivity contribution in [3.63, 3.8) is 0 Å². The van der Waals surface area contributed by atoms with E-state index in [0.717, 1.165) is 0 Å². The predicted octanol–water partition coefficient (Wildman–Crippen LogP) is -6.22. The Morgan fingerprint density at radius 1 is 0.704 bits per heavy atom. The number of aliphatic hydroxyl groups is 4. The molecule has 8 atom stereocenters. The summed E-state index contributed by atoms with van der Waals surface area (Å²) in [7, 11) is 0. The number of carboxylic acid groups (broad SMARTS) is 1. The van der Waals surface area contributed by atoms with Gasteiger partial charge in [-0.1, -0.05) is 36.8 Å². The van der Waals surface area contributed by atoms with Crippen molar-refractivity contribution in [1.82, 2.24) is 31.9 Å². The number of hydrogen-bond acceptors (Lipinski definition) is 14. The van der Waals surface area contributed by atoms with E-state index in [2.05, 4.69) is 31.9 Å². The highest BCUT2D eigenvalue weighted by Gasteiger charge is 2.33. The first-order chi connectivity index (χ1) is 25.6. The number of carbonyl (C=O) groups is 7. The van der Waals surface area contributed by atoms with E-state index in [-0.39, 0.29) is 19.4 Å². The standard InChI is InChI=1S/C33H55N9O12/c1-18(46)27(42-31(52)23(10-11-26(47)48)39-29(50)21(35)16-44)33(54)38-20(15-43)14-37-22(9-5-6-12-34)30(51)41-25(17-45)32(53)40-24(28(36)49)13-19-7-3-2-4-8-19/h2-4,7-8,18,20-25,27,37,43-46H,5-6,9-17,34-35H2,1H3,(H2,36,49)(H,38,54)(H,39,50)(H,40,53)(H,41,51)(H,42,52)(H,47,48). The average Bonchev–Trinajstić information content (AvgIpc) is 3.14. The SMILES string of the molecule is CC(O)C(NC(=O)C(CCC(=O)O)NC(=O)C(N)CO)C(=O)NC(CO)CNC(CCCCN)C(=O)NC(CO)C(=O)NC(Cc1ccccc1)C(N)=O. The summed E-state index contributed by atoms with van der Waals surface area (Å²) in [6.45, 7) is -1.07. The zero-order valence-corrected chi connectivity index (χ0v) is 30.1. The zero-order chi connectivity index (χ0) is 40.8. The van der Waals surface area contributed by atoms with E-state index in [1.165, 1.54) is 6.92 Å². The molecular formula is C33H55N9O12. The van der Waals surface area contributed by atoms with E-state index in [9.17, 15) is 48.9 Å². The fraction of sp³-hybridized carbons (Fsp3) is 0.606. The number of carboxylic acids is 1. The van der Waals surface area contributed by atoms with E-state index < -0.39 is 122 Å². The molecule has 0 aliphatic carbocycles. The molecule has 1 rings (SSSR count). The number of aliphatic hydroxyl groups excluding tert-OH is 4. The second-order valence-corrected chi connectivity index (χ2v) is 12.5. The number of nitrogens with two attached hydrogens (primary N) is 3. The third kappa shape index (κ3) is 17.4. The Balaban J connectivity index is 3.02. The number of nitrogens with one attached hydrogen (secondary N) is 6. The molecule has 21 heteroatoms. The minimum atomic E-state index is -1.67. The lowest BCUT2D eigenvalue weighted by atomic mass is 10.0. The Morgan fingerprint density at radius 2 is 1.30 bits per heavy atom. The Kier molecular flexibility index (Phi) is 22.1. The number of carbonyl (C=O) groups excluding carboxylic acids is 6. The predicted molar refractivity (Wildman–Crippen MR) is 191 cm³/mol. The summed E-state index contributed by atoms with van der Waals surface area (Å²) in [5, 5.41) is 63.1. The van der Waals surface area contributed by atoms with Gasteiger partial charge in [-0.05, 0) is 38.3 Å². The smallest absolute Gasteiger partial charge is 0.303 e. The van der Waals surface area contributed by atoms with Gasteiger partial charge >= 0.3 is 5.97 Å². The maximum absolute atomic E-state index is 13.4. The molecule has 0 radical (unpaired) electrons. The maximum atomic E-state index is 13.4. The summed E-state index contributed by atoms with van der Waals surface area (Å²) in [6.07, 6.45) is -1.33. The molecule has 0 aromatic heterocycles. The van der Waals surface area contributed by atoms with Gasteiger partial charge in [0.05, 0.1) is 38.0 Å². The van der Waals surface area contributed by atoms with Crippen molar-refractivity contribution in [2.45, 2.75) is 93.8 Å². The molecule has 0 aliphatic heterocycles. The molecule has 6 amide bonds. The molecule has 0 saturated carbocycles. The molecule has 21 nitrogen and oxygen atoms in total. The molecule has 1 aromatic rings. The van der Waals surface area contributed by atoms with Crippen LogP contribution in [-0.4, -0.2) is 148 Å². The van der Waals surface area contributed by atoms with E-state index in [4.69, 9.17) is 27.4 Å². The molecule has 0 aliphatic rings. The minimum absolute atomic E-state index is 0.0618. The molecule has 0 bridgehead atoms. The number of amides is 6. The van der Waals surface area contributed by atoms with Gasteiger partial charge < -0.3 is 74.6 Å². The van der Waals surface area contributed by atoms with E-state index in [0.29, 0.717) is 24.9 Å². The van der Waals surface area contributed by atoms with E-state index >= 15 is 0 Å². The lowest BCUT2D eigenvalue weighted by Gasteiger charge is -2.28. The van der Waals surface area contributed by atoms with Gasteiger partial charge in [-0.2, -0.15) is 0 Å². The van der Waals surface area contributed by atoms with Crippen molar-refractivity contribution in [3.05, 3.63) is 35.9 Å². The molecular weight excluding hydrogens is 714 g/mol. The molecule has 54 heavy (non-hydrogen) atoms. The molecule has 17 N–H and O–H groups in total.